The summed E-state index contributed by atoms with van der Waals surface area (Å²) in [5.74, 6) is 0.390. The second kappa shape index (κ2) is 7.67. The molecule has 144 valence electrons. The van der Waals surface area contributed by atoms with Crippen LogP contribution in [0.4, 0.5) is 0 Å². The van der Waals surface area contributed by atoms with Gasteiger partial charge in [-0.3, -0.25) is 0 Å². The molecule has 9 nitrogen and oxygen atoms in total. The highest BCUT2D eigenvalue weighted by molar-refractivity contribution is 7.15. The van der Waals surface area contributed by atoms with E-state index in [0.717, 1.165) is 10.7 Å². The molecule has 0 aliphatic carbocycles. The van der Waals surface area contributed by atoms with Crippen LogP contribution in [-0.2, 0) is 16.0 Å². The number of nitrogens with zero attached hydrogens (tertiary/aromatic N) is 4. The van der Waals surface area contributed by atoms with Gasteiger partial charge in [0.25, 0.3) is 0 Å². The number of aliphatic hydroxyl groups is 3. The van der Waals surface area contributed by atoms with Crippen molar-refractivity contribution < 1.29 is 24.8 Å². The molecule has 10 heteroatoms. The molecule has 2 aromatic heterocycles. The number of aromatic nitrogens is 4. The minimum absolute atomic E-state index is 0.152. The molecule has 1 fully saturated rings. The minimum atomic E-state index is -1.36. The molecular weight excluding hydrogens is 360 g/mol. The van der Waals surface area contributed by atoms with Crippen LogP contribution in [0.25, 0.3) is 10.7 Å². The Morgan fingerprint density at radius 2 is 2.00 bits per heavy atom. The lowest BCUT2D eigenvalue weighted by molar-refractivity contribution is -0.292. The second-order valence-electron chi connectivity index (χ2n) is 6.70. The maximum absolute atomic E-state index is 10.1. The Labute approximate surface area is 155 Å². The lowest BCUT2D eigenvalue weighted by atomic mass is 9.99. The maximum atomic E-state index is 10.1. The molecule has 0 bridgehead atoms. The van der Waals surface area contributed by atoms with Gasteiger partial charge in [-0.1, -0.05) is 19.1 Å². The molecule has 3 heterocycles. The Bertz CT molecular complexity index is 747. The van der Waals surface area contributed by atoms with Crippen LogP contribution in [0.5, 0.6) is 0 Å². The van der Waals surface area contributed by atoms with Crippen molar-refractivity contribution in [2.45, 2.75) is 63.9 Å². The zero-order valence-electron chi connectivity index (χ0n) is 15.1. The fraction of sp³-hybridized carbons (Fsp3) is 0.688. The lowest BCUT2D eigenvalue weighted by Crippen LogP contribution is -2.58. The largest absolute Gasteiger partial charge is 0.388 e. The van der Waals surface area contributed by atoms with Crippen molar-refractivity contribution in [2.24, 2.45) is 0 Å². The minimum Gasteiger partial charge on any atom is -0.388 e. The van der Waals surface area contributed by atoms with E-state index >= 15 is 0 Å². The van der Waals surface area contributed by atoms with Crippen LogP contribution in [0.1, 0.15) is 30.3 Å². The van der Waals surface area contributed by atoms with E-state index in [1.54, 1.807) is 17.5 Å². The van der Waals surface area contributed by atoms with Crippen LogP contribution in [0, 0.1) is 6.92 Å². The van der Waals surface area contributed by atoms with Gasteiger partial charge in [0.15, 0.2) is 6.29 Å². The molecule has 0 amide bonds. The van der Waals surface area contributed by atoms with Gasteiger partial charge in [0.2, 0.25) is 0 Å². The number of ether oxygens (including phenoxy) is 2. The van der Waals surface area contributed by atoms with E-state index in [0.29, 0.717) is 11.6 Å². The van der Waals surface area contributed by atoms with Crippen LogP contribution in [0.3, 0.4) is 0 Å². The molecule has 0 spiro atoms. The lowest BCUT2D eigenvalue weighted by Gasteiger charge is -2.39. The smallest absolute Gasteiger partial charge is 0.186 e. The summed E-state index contributed by atoms with van der Waals surface area (Å²) < 4.78 is 12.0. The van der Waals surface area contributed by atoms with Gasteiger partial charge < -0.3 is 24.8 Å². The molecule has 5 atom stereocenters. The summed E-state index contributed by atoms with van der Waals surface area (Å²) in [5, 5.41) is 38.9. The van der Waals surface area contributed by atoms with Crippen LogP contribution < -0.4 is 0 Å². The highest BCUT2D eigenvalue weighted by atomic mass is 32.1. The second-order valence-corrected chi connectivity index (χ2v) is 7.73. The van der Waals surface area contributed by atoms with Gasteiger partial charge in [0.1, 0.15) is 35.1 Å². The average Bonchev–Trinajstić information content (AvgIpc) is 3.22. The van der Waals surface area contributed by atoms with Gasteiger partial charge in [-0.2, -0.15) is 0 Å². The van der Waals surface area contributed by atoms with Crippen LogP contribution in [0.2, 0.25) is 0 Å². The molecule has 5 unspecified atom stereocenters. The van der Waals surface area contributed by atoms with Crippen molar-refractivity contribution in [3.05, 3.63) is 16.8 Å². The third-order valence-electron chi connectivity index (χ3n) is 4.38. The quantitative estimate of drug-likeness (QED) is 0.672. The number of thiazole rings is 1. The molecule has 0 saturated carbocycles. The Hall–Kier alpha value is -1.43. The molecule has 1 aliphatic heterocycles. The van der Waals surface area contributed by atoms with E-state index < -0.39 is 30.7 Å². The molecular formula is C16H24N4O5S. The van der Waals surface area contributed by atoms with E-state index in [2.05, 4.69) is 29.1 Å². The first-order valence-corrected chi connectivity index (χ1v) is 9.23. The molecule has 26 heavy (non-hydrogen) atoms. The summed E-state index contributed by atoms with van der Waals surface area (Å²) in [4.78, 5) is 5.76. The van der Waals surface area contributed by atoms with Gasteiger partial charge >= 0.3 is 0 Å². The van der Waals surface area contributed by atoms with Crippen molar-refractivity contribution in [1.29, 1.82) is 0 Å². The van der Waals surface area contributed by atoms with Crippen molar-refractivity contribution >= 4 is 11.3 Å². The number of hydrogen-bond acceptors (Lipinski definition) is 9. The first-order chi connectivity index (χ1) is 12.3. The van der Waals surface area contributed by atoms with Gasteiger partial charge in [-0.05, 0) is 12.8 Å². The standard InChI is InChI=1S/C16H24N4O5S/c1-7(2)14-8(3)17-15(26-14)9-5-20(19-18-9)6-10-11(21)12(22)13(23)16(24-4)25-10/h5,7,10-13,16,21-23H,6H2,1-4H3. The fourth-order valence-electron chi connectivity index (χ4n) is 2.99. The molecule has 1 aliphatic rings. The molecule has 0 aromatic carbocycles. The molecule has 3 rings (SSSR count). The Kier molecular flexibility index (Phi) is 5.70. The van der Waals surface area contributed by atoms with Crippen molar-refractivity contribution in [3.63, 3.8) is 0 Å². The summed E-state index contributed by atoms with van der Waals surface area (Å²) in [6.45, 7) is 6.37. The van der Waals surface area contributed by atoms with Crippen molar-refractivity contribution in [3.8, 4) is 10.7 Å². The first-order valence-electron chi connectivity index (χ1n) is 8.42. The van der Waals surface area contributed by atoms with Gasteiger partial charge in [0, 0.05) is 12.0 Å². The van der Waals surface area contributed by atoms with Gasteiger partial charge in [-0.25, -0.2) is 9.67 Å². The van der Waals surface area contributed by atoms with E-state index in [-0.39, 0.29) is 6.54 Å². The van der Waals surface area contributed by atoms with Gasteiger partial charge in [0.05, 0.1) is 18.4 Å². The number of rotatable bonds is 5. The Morgan fingerprint density at radius 1 is 1.27 bits per heavy atom. The number of hydrogen-bond donors (Lipinski definition) is 3. The monoisotopic (exact) mass is 384 g/mol. The highest BCUT2D eigenvalue weighted by Crippen LogP contribution is 2.31. The summed E-state index contributed by atoms with van der Waals surface area (Å²) in [6, 6.07) is 0. The zero-order chi connectivity index (χ0) is 19.0. The van der Waals surface area contributed by atoms with Crippen LogP contribution in [-0.4, -0.2) is 73.1 Å². The molecule has 3 N–H and O–H groups in total. The highest BCUT2D eigenvalue weighted by Gasteiger charge is 2.44. The summed E-state index contributed by atoms with van der Waals surface area (Å²) in [5.41, 5.74) is 1.62. The molecule has 1 saturated heterocycles. The van der Waals surface area contributed by atoms with Crippen molar-refractivity contribution in [1.82, 2.24) is 20.0 Å². The number of aryl methyl sites for hydroxylation is 1. The molecule has 0 radical (unpaired) electrons. The molecule has 2 aromatic rings. The third kappa shape index (κ3) is 3.66. The summed E-state index contributed by atoms with van der Waals surface area (Å²) >= 11 is 1.58. The topological polar surface area (TPSA) is 123 Å². The van der Waals surface area contributed by atoms with E-state index in [1.165, 1.54) is 16.7 Å². The zero-order valence-corrected chi connectivity index (χ0v) is 15.9. The summed E-state index contributed by atoms with van der Waals surface area (Å²) in [7, 11) is 1.36. The SMILES string of the molecule is COC1OC(Cn2cc(-c3nc(C)c(C(C)C)s3)nn2)C(O)C(O)C1O. The average molecular weight is 384 g/mol. The normalized spacial score (nSPS) is 29.5. The predicted octanol–water partition coefficient (Wildman–Crippen LogP) is 0.287. The van der Waals surface area contributed by atoms with E-state index in [9.17, 15) is 15.3 Å². The van der Waals surface area contributed by atoms with Crippen LogP contribution >= 0.6 is 11.3 Å². The number of aliphatic hydroxyl groups excluding tert-OH is 3. The van der Waals surface area contributed by atoms with Gasteiger partial charge in [-0.15, -0.1) is 16.4 Å². The summed E-state index contributed by atoms with van der Waals surface area (Å²) in [6.07, 6.45) is -4.04. The first kappa shape index (κ1) is 19.3. The van der Waals surface area contributed by atoms with E-state index in [4.69, 9.17) is 9.47 Å². The fourth-order valence-corrected chi connectivity index (χ4v) is 4.00. The van der Waals surface area contributed by atoms with Crippen LogP contribution in [0.15, 0.2) is 6.20 Å². The predicted molar refractivity (Wildman–Crippen MR) is 93.6 cm³/mol. The van der Waals surface area contributed by atoms with E-state index in [1.807, 2.05) is 6.92 Å². The Morgan fingerprint density at radius 3 is 2.62 bits per heavy atom. The maximum Gasteiger partial charge on any atom is 0.186 e. The number of methoxy groups -OCH3 is 1. The third-order valence-corrected chi connectivity index (χ3v) is 5.86. The Balaban J connectivity index is 1.75. The van der Waals surface area contributed by atoms with Crippen molar-refractivity contribution in [2.75, 3.05) is 7.11 Å².